The molecule has 150 valence electrons. The molecular formula is C22H23N3O4. The van der Waals surface area contributed by atoms with Crippen LogP contribution in [0.5, 0.6) is 11.5 Å². The summed E-state index contributed by atoms with van der Waals surface area (Å²) >= 11 is 0. The number of ether oxygens (including phenoxy) is 2. The molecule has 7 nitrogen and oxygen atoms in total. The van der Waals surface area contributed by atoms with Gasteiger partial charge in [0.05, 0.1) is 6.04 Å². The molecule has 3 aliphatic rings. The molecule has 1 N–H and O–H groups in total. The van der Waals surface area contributed by atoms with E-state index in [2.05, 4.69) is 10.3 Å². The Morgan fingerprint density at radius 1 is 1.10 bits per heavy atom. The van der Waals surface area contributed by atoms with E-state index in [0.29, 0.717) is 31.1 Å². The smallest absolute Gasteiger partial charge is 0.254 e. The molecule has 5 rings (SSSR count). The molecule has 29 heavy (non-hydrogen) atoms. The Morgan fingerprint density at radius 2 is 1.97 bits per heavy atom. The fourth-order valence-electron chi connectivity index (χ4n) is 4.06. The average Bonchev–Trinajstić information content (AvgIpc) is 3.50. The second-order valence-corrected chi connectivity index (χ2v) is 7.72. The van der Waals surface area contributed by atoms with Crippen molar-refractivity contribution in [3.05, 3.63) is 47.7 Å². The predicted molar refractivity (Wildman–Crippen MR) is 106 cm³/mol. The van der Waals surface area contributed by atoms with Gasteiger partial charge in [0, 0.05) is 29.8 Å². The zero-order valence-corrected chi connectivity index (χ0v) is 16.1. The van der Waals surface area contributed by atoms with Crippen molar-refractivity contribution >= 4 is 17.6 Å². The highest BCUT2D eigenvalue weighted by molar-refractivity contribution is 5.97. The highest BCUT2D eigenvalue weighted by atomic mass is 16.6. The lowest BCUT2D eigenvalue weighted by atomic mass is 10.0. The molecule has 1 aromatic heterocycles. The second-order valence-electron chi connectivity index (χ2n) is 7.72. The lowest BCUT2D eigenvalue weighted by molar-refractivity contribution is -0.117. The summed E-state index contributed by atoms with van der Waals surface area (Å²) < 4.78 is 11.6. The third-order valence-electron chi connectivity index (χ3n) is 5.68. The number of fused-ring (bicyclic) bond motifs is 1. The Labute approximate surface area is 169 Å². The van der Waals surface area contributed by atoms with Crippen molar-refractivity contribution in [2.75, 3.05) is 25.1 Å². The first-order valence-corrected chi connectivity index (χ1v) is 10.2. The minimum absolute atomic E-state index is 0.0192. The summed E-state index contributed by atoms with van der Waals surface area (Å²) in [6, 6.07) is 9.16. The summed E-state index contributed by atoms with van der Waals surface area (Å²) in [5, 5.41) is 2.82. The zero-order chi connectivity index (χ0) is 19.8. The van der Waals surface area contributed by atoms with Crippen LogP contribution in [-0.2, 0) is 4.79 Å². The van der Waals surface area contributed by atoms with Crippen LogP contribution in [0, 0.1) is 5.92 Å². The lowest BCUT2D eigenvalue weighted by Gasteiger charge is -2.29. The molecule has 2 fully saturated rings. The molecule has 1 saturated heterocycles. The van der Waals surface area contributed by atoms with E-state index in [0.717, 1.165) is 42.7 Å². The molecule has 2 amide bonds. The number of carbonyl (C=O) groups is 2. The van der Waals surface area contributed by atoms with E-state index in [4.69, 9.17) is 9.47 Å². The van der Waals surface area contributed by atoms with E-state index in [9.17, 15) is 9.59 Å². The summed E-state index contributed by atoms with van der Waals surface area (Å²) in [4.78, 5) is 31.4. The molecule has 0 radical (unpaired) electrons. The van der Waals surface area contributed by atoms with Crippen LogP contribution in [0.1, 0.15) is 47.6 Å². The van der Waals surface area contributed by atoms with E-state index in [-0.39, 0.29) is 23.8 Å². The van der Waals surface area contributed by atoms with Crippen LogP contribution in [0.2, 0.25) is 0 Å². The molecule has 2 aromatic rings. The van der Waals surface area contributed by atoms with Crippen molar-refractivity contribution in [2.45, 2.75) is 31.7 Å². The molecule has 1 aliphatic carbocycles. The van der Waals surface area contributed by atoms with Crippen molar-refractivity contribution in [1.82, 2.24) is 9.88 Å². The number of amides is 2. The minimum atomic E-state index is -0.0637. The number of aromatic nitrogens is 1. The van der Waals surface area contributed by atoms with Crippen LogP contribution in [0.15, 0.2) is 36.5 Å². The van der Waals surface area contributed by atoms with Gasteiger partial charge in [0.1, 0.15) is 19.0 Å². The van der Waals surface area contributed by atoms with Gasteiger partial charge in [-0.2, -0.15) is 0 Å². The SMILES string of the molecule is O=C(Nc1cc(C(=O)N2CCCC2c2cccc3c2OCCO3)ccn1)C1CC1. The number of nitrogens with one attached hydrogen (secondary N) is 1. The van der Waals surface area contributed by atoms with Crippen LogP contribution >= 0.6 is 0 Å². The van der Waals surface area contributed by atoms with Gasteiger partial charge in [-0.25, -0.2) is 4.98 Å². The molecule has 0 spiro atoms. The Morgan fingerprint density at radius 3 is 2.83 bits per heavy atom. The maximum atomic E-state index is 13.3. The van der Waals surface area contributed by atoms with Gasteiger partial charge in [-0.05, 0) is 43.9 Å². The number of likely N-dealkylation sites (tertiary alicyclic amines) is 1. The Kier molecular flexibility index (Phi) is 4.58. The number of benzene rings is 1. The number of hydrogen-bond acceptors (Lipinski definition) is 5. The maximum Gasteiger partial charge on any atom is 0.254 e. The standard InChI is InChI=1S/C22H23N3O4/c26-21(14-6-7-14)24-19-13-15(8-9-23-19)22(27)25-10-2-4-17(25)16-3-1-5-18-20(16)29-12-11-28-18/h1,3,5,8-9,13-14,17H,2,4,6-7,10-12H2,(H,23,24,26). The van der Waals surface area contributed by atoms with Crippen LogP contribution < -0.4 is 14.8 Å². The first kappa shape index (κ1) is 18.0. The molecule has 1 unspecified atom stereocenters. The van der Waals surface area contributed by atoms with E-state index in [1.54, 1.807) is 18.3 Å². The van der Waals surface area contributed by atoms with Crippen molar-refractivity contribution in [2.24, 2.45) is 5.92 Å². The monoisotopic (exact) mass is 393 g/mol. The third-order valence-corrected chi connectivity index (χ3v) is 5.68. The van der Waals surface area contributed by atoms with E-state index < -0.39 is 0 Å². The summed E-state index contributed by atoms with van der Waals surface area (Å²) in [6.07, 6.45) is 5.22. The fraction of sp³-hybridized carbons (Fsp3) is 0.409. The molecule has 2 aliphatic heterocycles. The first-order chi connectivity index (χ1) is 14.2. The van der Waals surface area contributed by atoms with Crippen LogP contribution in [0.25, 0.3) is 0 Å². The number of pyridine rings is 1. The Balaban J connectivity index is 1.39. The third kappa shape index (κ3) is 3.52. The molecule has 1 atom stereocenters. The average molecular weight is 393 g/mol. The second kappa shape index (κ2) is 7.39. The molecule has 7 heteroatoms. The zero-order valence-electron chi connectivity index (χ0n) is 16.1. The topological polar surface area (TPSA) is 80.8 Å². The van der Waals surface area contributed by atoms with Gasteiger partial charge in [0.25, 0.3) is 5.91 Å². The van der Waals surface area contributed by atoms with Crippen molar-refractivity contribution in [3.8, 4) is 11.5 Å². The number of nitrogens with zero attached hydrogens (tertiary/aromatic N) is 2. The van der Waals surface area contributed by atoms with Gasteiger partial charge >= 0.3 is 0 Å². The van der Waals surface area contributed by atoms with Gasteiger partial charge in [-0.1, -0.05) is 12.1 Å². The van der Waals surface area contributed by atoms with Crippen LogP contribution in [0.4, 0.5) is 5.82 Å². The number of hydrogen-bond donors (Lipinski definition) is 1. The van der Waals surface area contributed by atoms with Crippen LogP contribution in [-0.4, -0.2) is 41.5 Å². The Bertz CT molecular complexity index is 957. The van der Waals surface area contributed by atoms with E-state index in [1.807, 2.05) is 23.1 Å². The number of carbonyl (C=O) groups excluding carboxylic acids is 2. The quantitative estimate of drug-likeness (QED) is 0.863. The number of rotatable bonds is 4. The van der Waals surface area contributed by atoms with Crippen LogP contribution in [0.3, 0.4) is 0 Å². The van der Waals surface area contributed by atoms with Gasteiger partial charge in [0.2, 0.25) is 5.91 Å². The molecular weight excluding hydrogens is 370 g/mol. The molecule has 1 saturated carbocycles. The Hall–Kier alpha value is -3.09. The predicted octanol–water partition coefficient (Wildman–Crippen LogP) is 3.18. The number of anilines is 1. The summed E-state index contributed by atoms with van der Waals surface area (Å²) in [7, 11) is 0. The van der Waals surface area contributed by atoms with Gasteiger partial charge in [0.15, 0.2) is 11.5 Å². The normalized spacial score (nSPS) is 20.4. The van der Waals surface area contributed by atoms with Crippen molar-refractivity contribution < 1.29 is 19.1 Å². The minimum Gasteiger partial charge on any atom is -0.486 e. The fourth-order valence-corrected chi connectivity index (χ4v) is 4.06. The largest absolute Gasteiger partial charge is 0.486 e. The molecule has 3 heterocycles. The highest BCUT2D eigenvalue weighted by Crippen LogP contribution is 2.43. The van der Waals surface area contributed by atoms with Gasteiger partial charge < -0.3 is 19.7 Å². The lowest BCUT2D eigenvalue weighted by Crippen LogP contribution is -2.31. The summed E-state index contributed by atoms with van der Waals surface area (Å²) in [5.74, 6) is 1.92. The van der Waals surface area contributed by atoms with E-state index in [1.165, 1.54) is 0 Å². The summed E-state index contributed by atoms with van der Waals surface area (Å²) in [6.45, 7) is 1.73. The first-order valence-electron chi connectivity index (χ1n) is 10.2. The van der Waals surface area contributed by atoms with Gasteiger partial charge in [-0.3, -0.25) is 9.59 Å². The molecule has 0 bridgehead atoms. The van der Waals surface area contributed by atoms with Crippen molar-refractivity contribution in [3.63, 3.8) is 0 Å². The maximum absolute atomic E-state index is 13.3. The summed E-state index contributed by atoms with van der Waals surface area (Å²) in [5.41, 5.74) is 1.52. The molecule has 1 aromatic carbocycles. The van der Waals surface area contributed by atoms with Gasteiger partial charge in [-0.15, -0.1) is 0 Å². The number of para-hydroxylation sites is 1. The highest BCUT2D eigenvalue weighted by Gasteiger charge is 2.34. The van der Waals surface area contributed by atoms with Crippen molar-refractivity contribution in [1.29, 1.82) is 0 Å². The van der Waals surface area contributed by atoms with E-state index >= 15 is 0 Å².